The van der Waals surface area contributed by atoms with Gasteiger partial charge in [-0.15, -0.1) is 0 Å². The normalized spacial score (nSPS) is 48.9. The van der Waals surface area contributed by atoms with Gasteiger partial charge in [-0.25, -0.2) is 0 Å². The molecule has 5 rings (SSSR count). The van der Waals surface area contributed by atoms with Gasteiger partial charge in [0.1, 0.15) is 0 Å². The van der Waals surface area contributed by atoms with Gasteiger partial charge in [0.2, 0.25) is 5.91 Å². The minimum atomic E-state index is -0.199. The monoisotopic (exact) mass is 247 g/mol. The van der Waals surface area contributed by atoms with Gasteiger partial charge in [-0.05, 0) is 54.8 Å². The van der Waals surface area contributed by atoms with E-state index in [1.54, 1.807) is 0 Å². The summed E-state index contributed by atoms with van der Waals surface area (Å²) < 4.78 is 0. The van der Waals surface area contributed by atoms with Crippen LogP contribution in [0.4, 0.5) is 0 Å². The second-order valence-electron chi connectivity index (χ2n) is 8.26. The van der Waals surface area contributed by atoms with Gasteiger partial charge >= 0.3 is 0 Å². The third-order valence-electron chi connectivity index (χ3n) is 6.27. The molecule has 0 radical (unpaired) electrons. The van der Waals surface area contributed by atoms with E-state index in [-0.39, 0.29) is 5.41 Å². The molecule has 2 nitrogen and oxygen atoms in total. The topological polar surface area (TPSA) is 20.3 Å². The minimum absolute atomic E-state index is 0.199. The lowest BCUT2D eigenvalue weighted by molar-refractivity contribution is -0.138. The molecule has 0 aromatic heterocycles. The molecule has 5 fully saturated rings. The van der Waals surface area contributed by atoms with Gasteiger partial charge in [0.15, 0.2) is 0 Å². The van der Waals surface area contributed by atoms with Crippen LogP contribution in [0.15, 0.2) is 0 Å². The van der Waals surface area contributed by atoms with E-state index >= 15 is 0 Å². The maximum Gasteiger partial charge on any atom is 0.227 e. The lowest BCUT2D eigenvalue weighted by Gasteiger charge is -2.44. The first-order chi connectivity index (χ1) is 8.47. The molecular weight excluding hydrogens is 222 g/mol. The zero-order valence-corrected chi connectivity index (χ0v) is 11.9. The number of carbonyl (C=O) groups excluding carboxylic acids is 1. The molecular formula is C16H25NO. The lowest BCUT2D eigenvalue weighted by Crippen LogP contribution is -2.40. The van der Waals surface area contributed by atoms with Crippen molar-refractivity contribution in [2.24, 2.45) is 40.9 Å². The van der Waals surface area contributed by atoms with E-state index in [2.05, 4.69) is 25.7 Å². The number of hydrogen-bond acceptors (Lipinski definition) is 1. The van der Waals surface area contributed by atoms with Gasteiger partial charge < -0.3 is 4.90 Å². The number of amides is 1. The summed E-state index contributed by atoms with van der Waals surface area (Å²) in [6.45, 7) is 8.33. The molecule has 1 heterocycles. The van der Waals surface area contributed by atoms with Gasteiger partial charge in [-0.3, -0.25) is 4.79 Å². The predicted molar refractivity (Wildman–Crippen MR) is 70.8 cm³/mol. The van der Waals surface area contributed by atoms with Crippen LogP contribution >= 0.6 is 0 Å². The molecule has 0 aromatic rings. The largest absolute Gasteiger partial charge is 0.342 e. The van der Waals surface area contributed by atoms with Crippen molar-refractivity contribution in [3.8, 4) is 0 Å². The molecule has 0 spiro atoms. The van der Waals surface area contributed by atoms with Crippen molar-refractivity contribution in [1.82, 2.24) is 4.90 Å². The highest BCUT2D eigenvalue weighted by Crippen LogP contribution is 2.67. The van der Waals surface area contributed by atoms with Crippen LogP contribution in [0.3, 0.4) is 0 Å². The van der Waals surface area contributed by atoms with Crippen LogP contribution in [0.25, 0.3) is 0 Å². The summed E-state index contributed by atoms with van der Waals surface area (Å²) in [6, 6.07) is 0. The SMILES string of the molecule is CC(C)(C)C(=O)N1CC2C3CCC(C4CC34)C2C1. The molecule has 0 N–H and O–H groups in total. The van der Waals surface area contributed by atoms with Crippen molar-refractivity contribution in [3.63, 3.8) is 0 Å². The molecule has 6 atom stereocenters. The fourth-order valence-electron chi connectivity index (χ4n) is 5.50. The summed E-state index contributed by atoms with van der Waals surface area (Å²) in [6.07, 6.45) is 4.45. The van der Waals surface area contributed by atoms with E-state index in [9.17, 15) is 4.79 Å². The van der Waals surface area contributed by atoms with Crippen LogP contribution in [0.2, 0.25) is 0 Å². The lowest BCUT2D eigenvalue weighted by atomic mass is 9.60. The maximum atomic E-state index is 12.5. The van der Waals surface area contributed by atoms with E-state index in [4.69, 9.17) is 0 Å². The van der Waals surface area contributed by atoms with Gasteiger partial charge in [0.25, 0.3) is 0 Å². The molecule has 0 aromatic carbocycles. The van der Waals surface area contributed by atoms with E-state index in [0.29, 0.717) is 5.91 Å². The minimum Gasteiger partial charge on any atom is -0.342 e. The Morgan fingerprint density at radius 1 is 0.889 bits per heavy atom. The summed E-state index contributed by atoms with van der Waals surface area (Å²) in [5, 5.41) is 0. The first-order valence-corrected chi connectivity index (χ1v) is 7.76. The third kappa shape index (κ3) is 1.38. The van der Waals surface area contributed by atoms with Gasteiger partial charge in [0.05, 0.1) is 0 Å². The Morgan fingerprint density at radius 2 is 1.39 bits per heavy atom. The molecule has 1 amide bonds. The number of likely N-dealkylation sites (tertiary alicyclic amines) is 1. The molecule has 18 heavy (non-hydrogen) atoms. The van der Waals surface area contributed by atoms with Crippen LogP contribution in [0, 0.1) is 40.9 Å². The number of nitrogens with zero attached hydrogens (tertiary/aromatic N) is 1. The third-order valence-corrected chi connectivity index (χ3v) is 6.27. The van der Waals surface area contributed by atoms with E-state index < -0.39 is 0 Å². The van der Waals surface area contributed by atoms with Gasteiger partial charge in [-0.2, -0.15) is 0 Å². The molecule has 2 bridgehead atoms. The average molecular weight is 247 g/mol. The first kappa shape index (κ1) is 11.3. The average Bonchev–Trinajstić information content (AvgIpc) is 3.00. The first-order valence-electron chi connectivity index (χ1n) is 7.76. The molecule has 6 unspecified atom stereocenters. The fraction of sp³-hybridized carbons (Fsp3) is 0.938. The number of fused-ring (bicyclic) bond motifs is 1. The molecule has 1 saturated heterocycles. The smallest absolute Gasteiger partial charge is 0.227 e. The summed E-state index contributed by atoms with van der Waals surface area (Å²) in [5.74, 6) is 6.18. The van der Waals surface area contributed by atoms with Crippen LogP contribution < -0.4 is 0 Å². The van der Waals surface area contributed by atoms with Gasteiger partial charge in [-0.1, -0.05) is 20.8 Å². The van der Waals surface area contributed by atoms with Crippen molar-refractivity contribution in [2.45, 2.75) is 40.0 Å². The summed E-state index contributed by atoms with van der Waals surface area (Å²) >= 11 is 0. The Bertz CT molecular complexity index is 372. The maximum absolute atomic E-state index is 12.5. The zero-order valence-electron chi connectivity index (χ0n) is 11.9. The second-order valence-corrected chi connectivity index (χ2v) is 8.26. The quantitative estimate of drug-likeness (QED) is 0.644. The molecule has 4 aliphatic carbocycles. The van der Waals surface area contributed by atoms with Crippen molar-refractivity contribution >= 4 is 5.91 Å². The van der Waals surface area contributed by atoms with Crippen molar-refractivity contribution < 1.29 is 4.79 Å². The molecule has 2 heteroatoms. The predicted octanol–water partition coefficient (Wildman–Crippen LogP) is 2.78. The summed E-state index contributed by atoms with van der Waals surface area (Å²) in [4.78, 5) is 14.7. The number of carbonyl (C=O) groups is 1. The van der Waals surface area contributed by atoms with Crippen LogP contribution in [0.5, 0.6) is 0 Å². The number of rotatable bonds is 0. The molecule has 100 valence electrons. The second kappa shape index (κ2) is 3.32. The van der Waals surface area contributed by atoms with Crippen molar-refractivity contribution in [1.29, 1.82) is 0 Å². The highest BCUT2D eigenvalue weighted by Gasteiger charge is 2.63. The van der Waals surface area contributed by atoms with Crippen molar-refractivity contribution in [2.75, 3.05) is 13.1 Å². The summed E-state index contributed by atoms with van der Waals surface area (Å²) in [5.41, 5.74) is -0.199. The van der Waals surface area contributed by atoms with Crippen LogP contribution in [-0.2, 0) is 4.79 Å². The van der Waals surface area contributed by atoms with Gasteiger partial charge in [0, 0.05) is 18.5 Å². The summed E-state index contributed by atoms with van der Waals surface area (Å²) in [7, 11) is 0. The zero-order chi connectivity index (χ0) is 12.7. The Morgan fingerprint density at radius 3 is 1.83 bits per heavy atom. The Hall–Kier alpha value is -0.530. The van der Waals surface area contributed by atoms with Crippen LogP contribution in [-0.4, -0.2) is 23.9 Å². The van der Waals surface area contributed by atoms with E-state index in [0.717, 1.165) is 48.6 Å². The van der Waals surface area contributed by atoms with Crippen molar-refractivity contribution in [3.05, 3.63) is 0 Å². The molecule has 4 saturated carbocycles. The highest BCUT2D eigenvalue weighted by molar-refractivity contribution is 5.81. The molecule has 5 aliphatic rings. The molecule has 1 aliphatic heterocycles. The van der Waals surface area contributed by atoms with Crippen LogP contribution in [0.1, 0.15) is 40.0 Å². The van der Waals surface area contributed by atoms with E-state index in [1.165, 1.54) is 19.3 Å². The fourth-order valence-corrected chi connectivity index (χ4v) is 5.50. The van der Waals surface area contributed by atoms with E-state index in [1.807, 2.05) is 0 Å². The Kier molecular flexibility index (Phi) is 2.08. The Labute approximate surface area is 110 Å². The Balaban J connectivity index is 1.56. The number of hydrogen-bond donors (Lipinski definition) is 0. The standard InChI is InChI=1S/C16H25NO/c1-16(2,3)15(18)17-7-13-9-4-5-10(14(13)8-17)12-6-11(9)12/h9-14H,4-8H2,1-3H3. The highest BCUT2D eigenvalue weighted by atomic mass is 16.2.